The number of hydrogen-bond donors (Lipinski definition) is 2. The van der Waals surface area contributed by atoms with Crippen LogP contribution in [0.5, 0.6) is 0 Å². The molecular formula is C21H19N3O3. The van der Waals surface area contributed by atoms with Gasteiger partial charge in [-0.15, -0.1) is 0 Å². The van der Waals surface area contributed by atoms with Crippen LogP contribution in [0.4, 0.5) is 0 Å². The van der Waals surface area contributed by atoms with Crippen molar-refractivity contribution in [2.24, 2.45) is 0 Å². The van der Waals surface area contributed by atoms with Crippen LogP contribution in [0.25, 0.3) is 10.9 Å². The summed E-state index contributed by atoms with van der Waals surface area (Å²) in [6.07, 6.45) is 0.0527. The second kappa shape index (κ2) is 8.23. The molecule has 0 bridgehead atoms. The minimum Gasteiger partial charge on any atom is -0.294 e. The lowest BCUT2D eigenvalue weighted by atomic mass is 10.1. The number of nitrogens with one attached hydrogen (secondary N) is 2. The van der Waals surface area contributed by atoms with Crippen molar-refractivity contribution >= 4 is 28.5 Å². The van der Waals surface area contributed by atoms with E-state index in [0.717, 1.165) is 10.9 Å². The first-order chi connectivity index (χ1) is 13.0. The summed E-state index contributed by atoms with van der Waals surface area (Å²) in [5.41, 5.74) is 7.16. The van der Waals surface area contributed by atoms with Crippen molar-refractivity contribution in [3.8, 4) is 0 Å². The molecule has 0 aliphatic rings. The predicted molar refractivity (Wildman–Crippen MR) is 102 cm³/mol. The third-order valence-corrected chi connectivity index (χ3v) is 4.10. The van der Waals surface area contributed by atoms with Crippen LogP contribution in [0.2, 0.25) is 0 Å². The first-order valence-electron chi connectivity index (χ1n) is 8.58. The summed E-state index contributed by atoms with van der Waals surface area (Å²) in [4.78, 5) is 40.3. The first kappa shape index (κ1) is 18.3. The van der Waals surface area contributed by atoms with Gasteiger partial charge in [0.2, 0.25) is 5.91 Å². The second-order valence-electron chi connectivity index (χ2n) is 6.18. The SMILES string of the molecule is Cc1ccc(C(=O)CCC(=O)NNC(=O)c2ccc3ccccc3n2)cc1. The third-order valence-electron chi connectivity index (χ3n) is 4.10. The van der Waals surface area contributed by atoms with Gasteiger partial charge in [0.05, 0.1) is 5.52 Å². The lowest BCUT2D eigenvalue weighted by Crippen LogP contribution is -2.42. The molecule has 0 unspecified atom stereocenters. The van der Waals surface area contributed by atoms with Crippen molar-refractivity contribution in [1.29, 1.82) is 0 Å². The average molecular weight is 361 g/mol. The Morgan fingerprint density at radius 2 is 1.59 bits per heavy atom. The minimum atomic E-state index is -0.515. The minimum absolute atomic E-state index is 0.0157. The largest absolute Gasteiger partial charge is 0.294 e. The highest BCUT2D eigenvalue weighted by molar-refractivity contribution is 5.99. The highest BCUT2D eigenvalue weighted by Gasteiger charge is 2.12. The van der Waals surface area contributed by atoms with Crippen LogP contribution < -0.4 is 10.9 Å². The van der Waals surface area contributed by atoms with E-state index in [0.29, 0.717) is 11.1 Å². The summed E-state index contributed by atoms with van der Waals surface area (Å²) >= 11 is 0. The Hall–Kier alpha value is -3.54. The molecule has 0 spiro atoms. The number of ketones is 1. The van der Waals surface area contributed by atoms with Crippen LogP contribution >= 0.6 is 0 Å². The van der Waals surface area contributed by atoms with Crippen molar-refractivity contribution in [3.05, 3.63) is 77.5 Å². The zero-order valence-corrected chi connectivity index (χ0v) is 14.9. The molecule has 0 saturated heterocycles. The Kier molecular flexibility index (Phi) is 5.56. The summed E-state index contributed by atoms with van der Waals surface area (Å²) < 4.78 is 0. The fourth-order valence-corrected chi connectivity index (χ4v) is 2.56. The molecule has 1 aromatic heterocycles. The number of carbonyl (C=O) groups is 3. The van der Waals surface area contributed by atoms with E-state index in [1.54, 1.807) is 30.3 Å². The molecule has 0 fully saturated rings. The normalized spacial score (nSPS) is 10.4. The van der Waals surface area contributed by atoms with Crippen LogP contribution in [0.3, 0.4) is 0 Å². The van der Waals surface area contributed by atoms with Gasteiger partial charge in [-0.2, -0.15) is 0 Å². The van der Waals surface area contributed by atoms with Crippen molar-refractivity contribution in [2.45, 2.75) is 19.8 Å². The number of para-hydroxylation sites is 1. The van der Waals surface area contributed by atoms with Gasteiger partial charge in [-0.1, -0.05) is 54.1 Å². The van der Waals surface area contributed by atoms with E-state index >= 15 is 0 Å². The second-order valence-corrected chi connectivity index (χ2v) is 6.18. The number of Topliss-reactive ketones (excluding diaryl/α,β-unsaturated/α-hetero) is 1. The maximum Gasteiger partial charge on any atom is 0.288 e. The van der Waals surface area contributed by atoms with Crippen molar-refractivity contribution in [3.63, 3.8) is 0 Å². The van der Waals surface area contributed by atoms with E-state index in [-0.39, 0.29) is 24.3 Å². The van der Waals surface area contributed by atoms with E-state index in [1.165, 1.54) is 0 Å². The van der Waals surface area contributed by atoms with Crippen LogP contribution in [0.15, 0.2) is 60.7 Å². The van der Waals surface area contributed by atoms with Crippen LogP contribution in [-0.4, -0.2) is 22.6 Å². The molecule has 3 aromatic rings. The zero-order valence-electron chi connectivity index (χ0n) is 14.9. The highest BCUT2D eigenvalue weighted by Crippen LogP contribution is 2.11. The number of benzene rings is 2. The lowest BCUT2D eigenvalue weighted by molar-refractivity contribution is -0.121. The molecule has 2 N–H and O–H groups in total. The predicted octanol–water partition coefficient (Wildman–Crippen LogP) is 2.97. The summed E-state index contributed by atoms with van der Waals surface area (Å²) in [5, 5.41) is 0.924. The Morgan fingerprint density at radius 1 is 0.852 bits per heavy atom. The number of nitrogens with zero attached hydrogens (tertiary/aromatic N) is 1. The maximum atomic E-state index is 12.1. The molecule has 136 valence electrons. The van der Waals surface area contributed by atoms with E-state index in [4.69, 9.17) is 0 Å². The fraction of sp³-hybridized carbons (Fsp3) is 0.143. The number of carbonyl (C=O) groups excluding carboxylic acids is 3. The van der Waals surface area contributed by atoms with Gasteiger partial charge < -0.3 is 0 Å². The molecule has 27 heavy (non-hydrogen) atoms. The monoisotopic (exact) mass is 361 g/mol. The molecule has 0 radical (unpaired) electrons. The molecule has 0 aliphatic carbocycles. The van der Waals surface area contributed by atoms with Gasteiger partial charge in [0, 0.05) is 23.8 Å². The smallest absolute Gasteiger partial charge is 0.288 e. The highest BCUT2D eigenvalue weighted by atomic mass is 16.2. The number of aromatic nitrogens is 1. The molecule has 6 nitrogen and oxygen atoms in total. The van der Waals surface area contributed by atoms with E-state index in [2.05, 4.69) is 15.8 Å². The van der Waals surface area contributed by atoms with Gasteiger partial charge in [0.15, 0.2) is 5.78 Å². The van der Waals surface area contributed by atoms with Crippen molar-refractivity contribution in [1.82, 2.24) is 15.8 Å². The number of fused-ring (bicyclic) bond motifs is 1. The van der Waals surface area contributed by atoms with Crippen LogP contribution in [0.1, 0.15) is 39.3 Å². The Morgan fingerprint density at radius 3 is 2.37 bits per heavy atom. The van der Waals surface area contributed by atoms with Gasteiger partial charge in [-0.05, 0) is 19.1 Å². The number of rotatable bonds is 5. The van der Waals surface area contributed by atoms with Gasteiger partial charge >= 0.3 is 0 Å². The summed E-state index contributed by atoms with van der Waals surface area (Å²) in [5.74, 6) is -1.07. The zero-order chi connectivity index (χ0) is 19.2. The molecule has 1 heterocycles. The van der Waals surface area contributed by atoms with Gasteiger partial charge in [-0.25, -0.2) is 4.98 Å². The van der Waals surface area contributed by atoms with Gasteiger partial charge in [0.1, 0.15) is 5.69 Å². The third kappa shape index (κ3) is 4.76. The first-order valence-corrected chi connectivity index (χ1v) is 8.58. The topological polar surface area (TPSA) is 88.2 Å². The van der Waals surface area contributed by atoms with Gasteiger partial charge in [0.25, 0.3) is 5.91 Å². The number of aryl methyl sites for hydroxylation is 1. The maximum absolute atomic E-state index is 12.1. The molecule has 6 heteroatoms. The van der Waals surface area contributed by atoms with Crippen molar-refractivity contribution in [2.75, 3.05) is 0 Å². The Labute approximate surface area is 156 Å². The molecule has 2 amide bonds. The molecule has 2 aromatic carbocycles. The van der Waals surface area contributed by atoms with E-state index < -0.39 is 11.8 Å². The van der Waals surface area contributed by atoms with E-state index in [1.807, 2.05) is 37.3 Å². The lowest BCUT2D eigenvalue weighted by Gasteiger charge is -2.07. The number of hydrogen-bond acceptors (Lipinski definition) is 4. The summed E-state index contributed by atoms with van der Waals surface area (Å²) in [7, 11) is 0. The Bertz CT molecular complexity index is 997. The summed E-state index contributed by atoms with van der Waals surface area (Å²) in [6.45, 7) is 1.94. The molecular weight excluding hydrogens is 342 g/mol. The van der Waals surface area contributed by atoms with Gasteiger partial charge in [-0.3, -0.25) is 25.2 Å². The van der Waals surface area contributed by atoms with Crippen LogP contribution in [-0.2, 0) is 4.79 Å². The Balaban J connectivity index is 1.49. The number of hydrazine groups is 1. The number of pyridine rings is 1. The quantitative estimate of drug-likeness (QED) is 0.540. The molecule has 0 saturated carbocycles. The fourth-order valence-electron chi connectivity index (χ4n) is 2.56. The van der Waals surface area contributed by atoms with Crippen LogP contribution in [0, 0.1) is 6.92 Å². The van der Waals surface area contributed by atoms with Crippen molar-refractivity contribution < 1.29 is 14.4 Å². The van der Waals surface area contributed by atoms with E-state index in [9.17, 15) is 14.4 Å². The molecule has 3 rings (SSSR count). The number of amides is 2. The molecule has 0 atom stereocenters. The standard InChI is InChI=1S/C21H19N3O3/c1-14-6-8-16(9-7-14)19(25)12-13-20(26)23-24-21(27)18-11-10-15-4-2-3-5-17(15)22-18/h2-11H,12-13H2,1H3,(H,23,26)(H,24,27). The average Bonchev–Trinajstić information content (AvgIpc) is 2.70. The molecule has 0 aliphatic heterocycles. The summed E-state index contributed by atoms with van der Waals surface area (Å²) in [6, 6.07) is 18.0.